The summed E-state index contributed by atoms with van der Waals surface area (Å²) >= 11 is 5.97. The molecule has 1 unspecified atom stereocenters. The van der Waals surface area contributed by atoms with Gasteiger partial charge in [0.05, 0.1) is 26.5 Å². The van der Waals surface area contributed by atoms with Gasteiger partial charge < -0.3 is 24.4 Å². The first kappa shape index (κ1) is 27.9. The number of ether oxygens (including phenoxy) is 3. The van der Waals surface area contributed by atoms with Crippen molar-refractivity contribution >= 4 is 35.5 Å². The quantitative estimate of drug-likeness (QED) is 0.360. The van der Waals surface area contributed by atoms with E-state index in [-0.39, 0.29) is 18.4 Å². The van der Waals surface area contributed by atoms with E-state index >= 15 is 0 Å². The summed E-state index contributed by atoms with van der Waals surface area (Å²) in [6.07, 6.45) is 1.39. The number of carbonyl (C=O) groups is 3. The molecular weight excluding hydrogens is 500 g/mol. The summed E-state index contributed by atoms with van der Waals surface area (Å²) in [6.45, 7) is 5.46. The van der Waals surface area contributed by atoms with Crippen LogP contribution in [0.15, 0.2) is 47.6 Å². The third-order valence-corrected chi connectivity index (χ3v) is 5.87. The van der Waals surface area contributed by atoms with Gasteiger partial charge in [0.2, 0.25) is 0 Å². The molecule has 1 heterocycles. The van der Waals surface area contributed by atoms with E-state index in [0.717, 1.165) is 0 Å². The van der Waals surface area contributed by atoms with Crippen molar-refractivity contribution in [3.63, 3.8) is 0 Å². The van der Waals surface area contributed by atoms with Crippen LogP contribution in [0.5, 0.6) is 11.5 Å². The molecule has 0 radical (unpaired) electrons. The molecule has 0 bridgehead atoms. The minimum Gasteiger partial charge on any atom is -0.493 e. The second kappa shape index (κ2) is 13.6. The number of amides is 3. The maximum atomic E-state index is 12.8. The number of para-hydroxylation sites is 1. The number of methoxy groups -OCH3 is 1. The van der Waals surface area contributed by atoms with E-state index < -0.39 is 17.9 Å². The van der Waals surface area contributed by atoms with Gasteiger partial charge in [0.15, 0.2) is 18.1 Å². The minimum absolute atomic E-state index is 0.166. The summed E-state index contributed by atoms with van der Waals surface area (Å²) in [5, 5.41) is 7.19. The Balaban J connectivity index is 1.66. The molecule has 1 saturated heterocycles. The van der Waals surface area contributed by atoms with Gasteiger partial charge in [-0.15, -0.1) is 0 Å². The molecule has 37 heavy (non-hydrogen) atoms. The summed E-state index contributed by atoms with van der Waals surface area (Å²) in [4.78, 5) is 39.6. The number of benzene rings is 2. The molecule has 0 saturated carbocycles. The van der Waals surface area contributed by atoms with Crippen molar-refractivity contribution < 1.29 is 28.6 Å². The molecule has 2 aromatic carbocycles. The highest BCUT2D eigenvalue weighted by Gasteiger charge is 2.25. The van der Waals surface area contributed by atoms with Crippen LogP contribution in [0.25, 0.3) is 0 Å². The van der Waals surface area contributed by atoms with Crippen LogP contribution >= 0.6 is 11.6 Å². The van der Waals surface area contributed by atoms with Crippen molar-refractivity contribution in [3.8, 4) is 11.5 Å². The Morgan fingerprint density at radius 2 is 1.89 bits per heavy atom. The number of rotatable bonds is 10. The van der Waals surface area contributed by atoms with Gasteiger partial charge in [-0.3, -0.25) is 14.4 Å². The van der Waals surface area contributed by atoms with Crippen molar-refractivity contribution in [1.29, 1.82) is 0 Å². The first-order chi connectivity index (χ1) is 17.8. The number of hydrazone groups is 1. The predicted octanol–water partition coefficient (Wildman–Crippen LogP) is 2.49. The third-order valence-electron chi connectivity index (χ3n) is 5.63. The topological polar surface area (TPSA) is 119 Å². The maximum absolute atomic E-state index is 12.8. The molecule has 3 rings (SSSR count). The average molecular weight is 531 g/mol. The van der Waals surface area contributed by atoms with E-state index in [1.807, 2.05) is 13.8 Å². The van der Waals surface area contributed by atoms with Gasteiger partial charge in [-0.1, -0.05) is 37.6 Å². The molecule has 1 atom stereocenters. The molecule has 198 valence electrons. The maximum Gasteiger partial charge on any atom is 0.262 e. The molecule has 11 heteroatoms. The highest BCUT2D eigenvalue weighted by Crippen LogP contribution is 2.30. The lowest BCUT2D eigenvalue weighted by Crippen LogP contribution is -2.48. The molecule has 2 aromatic rings. The van der Waals surface area contributed by atoms with Crippen molar-refractivity contribution in [2.75, 3.05) is 40.0 Å². The van der Waals surface area contributed by atoms with Gasteiger partial charge in [-0.2, -0.15) is 5.10 Å². The van der Waals surface area contributed by atoms with Crippen LogP contribution in [-0.2, 0) is 14.3 Å². The average Bonchev–Trinajstić information content (AvgIpc) is 2.90. The van der Waals surface area contributed by atoms with E-state index in [2.05, 4.69) is 15.8 Å². The summed E-state index contributed by atoms with van der Waals surface area (Å²) in [7, 11) is 1.49. The molecule has 0 aromatic heterocycles. The molecule has 2 N–H and O–H groups in total. The zero-order valence-electron chi connectivity index (χ0n) is 21.0. The Morgan fingerprint density at radius 1 is 1.16 bits per heavy atom. The molecule has 0 aliphatic carbocycles. The van der Waals surface area contributed by atoms with Crippen LogP contribution in [0, 0.1) is 5.92 Å². The zero-order valence-corrected chi connectivity index (χ0v) is 21.8. The molecule has 1 fully saturated rings. The highest BCUT2D eigenvalue weighted by molar-refractivity contribution is 6.31. The Bertz CT molecular complexity index is 1130. The summed E-state index contributed by atoms with van der Waals surface area (Å²) in [5.74, 6) is -0.553. The van der Waals surface area contributed by atoms with E-state index in [9.17, 15) is 14.4 Å². The van der Waals surface area contributed by atoms with Crippen molar-refractivity contribution in [2.24, 2.45) is 11.0 Å². The number of carbonyl (C=O) groups excluding carboxylic acids is 3. The zero-order chi connectivity index (χ0) is 26.8. The van der Waals surface area contributed by atoms with Crippen LogP contribution in [0.4, 0.5) is 0 Å². The van der Waals surface area contributed by atoms with Crippen LogP contribution in [0.2, 0.25) is 5.02 Å². The smallest absolute Gasteiger partial charge is 0.262 e. The fourth-order valence-corrected chi connectivity index (χ4v) is 3.80. The Kier molecular flexibility index (Phi) is 10.3. The second-order valence-electron chi connectivity index (χ2n) is 8.60. The second-order valence-corrected chi connectivity index (χ2v) is 9.04. The summed E-state index contributed by atoms with van der Waals surface area (Å²) < 4.78 is 16.5. The number of halogens is 1. The lowest BCUT2D eigenvalue weighted by atomic mass is 10.0. The number of hydrogen-bond donors (Lipinski definition) is 2. The predicted molar refractivity (Wildman–Crippen MR) is 139 cm³/mol. The monoisotopic (exact) mass is 530 g/mol. The first-order valence-corrected chi connectivity index (χ1v) is 12.2. The summed E-state index contributed by atoms with van der Waals surface area (Å²) in [5.41, 5.74) is 3.31. The van der Waals surface area contributed by atoms with Crippen molar-refractivity contribution in [1.82, 2.24) is 15.6 Å². The number of nitrogens with one attached hydrogen (secondary N) is 2. The van der Waals surface area contributed by atoms with Gasteiger partial charge in [0, 0.05) is 29.2 Å². The van der Waals surface area contributed by atoms with Crippen molar-refractivity contribution in [3.05, 3.63) is 58.6 Å². The Labute approximate surface area is 220 Å². The van der Waals surface area contributed by atoms with Crippen LogP contribution in [0.1, 0.15) is 29.8 Å². The van der Waals surface area contributed by atoms with Crippen LogP contribution < -0.4 is 20.2 Å². The number of nitrogens with zero attached hydrogens (tertiary/aromatic N) is 2. The van der Waals surface area contributed by atoms with Gasteiger partial charge in [0.25, 0.3) is 17.7 Å². The summed E-state index contributed by atoms with van der Waals surface area (Å²) in [6, 6.07) is 10.8. The van der Waals surface area contributed by atoms with E-state index in [4.69, 9.17) is 25.8 Å². The van der Waals surface area contributed by atoms with Gasteiger partial charge in [-0.25, -0.2) is 5.43 Å². The molecule has 1 aliphatic rings. The van der Waals surface area contributed by atoms with Crippen LogP contribution in [0.3, 0.4) is 0 Å². The SMILES string of the molecule is COc1cccc(/C=N\NC(=O)C(NC(=O)c2cccc(Cl)c2)C(C)C)c1OCC(=O)N1CCOCC1. The molecule has 10 nitrogen and oxygen atoms in total. The molecular formula is C26H31ClN4O6. The standard InChI is InChI=1S/C26H31ClN4O6/c1-17(2)23(29-25(33)18-6-4-8-20(27)14-18)26(34)30-28-15-19-7-5-9-21(35-3)24(19)37-16-22(32)31-10-12-36-13-11-31/h4-9,14-15,17,23H,10-13,16H2,1-3H3,(H,29,33)(H,30,34)/b28-15-. The van der Waals surface area contributed by atoms with Gasteiger partial charge in [0.1, 0.15) is 6.04 Å². The van der Waals surface area contributed by atoms with E-state index in [0.29, 0.717) is 54.0 Å². The minimum atomic E-state index is -0.837. The Morgan fingerprint density at radius 3 is 2.57 bits per heavy atom. The fourth-order valence-electron chi connectivity index (χ4n) is 3.61. The van der Waals surface area contributed by atoms with E-state index in [1.54, 1.807) is 41.3 Å². The fraction of sp³-hybridized carbons (Fsp3) is 0.385. The van der Waals surface area contributed by atoms with Crippen molar-refractivity contribution in [2.45, 2.75) is 19.9 Å². The third kappa shape index (κ3) is 7.93. The number of morpholine rings is 1. The van der Waals surface area contributed by atoms with Gasteiger partial charge in [-0.05, 0) is 36.2 Å². The number of hydrogen-bond acceptors (Lipinski definition) is 7. The Hall–Kier alpha value is -3.63. The molecule has 1 aliphatic heterocycles. The van der Waals surface area contributed by atoms with Gasteiger partial charge >= 0.3 is 0 Å². The normalized spacial score (nSPS) is 14.4. The molecule has 3 amide bonds. The lowest BCUT2D eigenvalue weighted by Gasteiger charge is -2.27. The largest absolute Gasteiger partial charge is 0.493 e. The first-order valence-electron chi connectivity index (χ1n) is 11.8. The van der Waals surface area contributed by atoms with Crippen LogP contribution in [-0.4, -0.2) is 74.9 Å². The molecule has 0 spiro atoms. The highest BCUT2D eigenvalue weighted by atomic mass is 35.5. The van der Waals surface area contributed by atoms with E-state index in [1.165, 1.54) is 19.4 Å². The lowest BCUT2D eigenvalue weighted by molar-refractivity contribution is -0.137.